The summed E-state index contributed by atoms with van der Waals surface area (Å²) in [4.78, 5) is 33.1. The number of amides is 2. The van der Waals surface area contributed by atoms with E-state index in [2.05, 4.69) is 46.0 Å². The topological polar surface area (TPSA) is 142 Å². The second-order valence-electron chi connectivity index (χ2n) is 7.33. The molecule has 0 spiro atoms. The van der Waals surface area contributed by atoms with Gasteiger partial charge in [-0.1, -0.05) is 16.8 Å². The van der Waals surface area contributed by atoms with Gasteiger partial charge in [0.15, 0.2) is 11.6 Å². The highest BCUT2D eigenvalue weighted by Crippen LogP contribution is 2.37. The number of primary amides is 1. The molecule has 0 bridgehead atoms. The summed E-state index contributed by atoms with van der Waals surface area (Å²) in [5.74, 6) is -6.21. The number of aryl methyl sites for hydroxylation is 2. The number of alkyl halides is 2. The van der Waals surface area contributed by atoms with Crippen LogP contribution >= 0.6 is 27.5 Å². The van der Waals surface area contributed by atoms with Gasteiger partial charge in [-0.3, -0.25) is 9.59 Å². The van der Waals surface area contributed by atoms with E-state index in [0.29, 0.717) is 4.60 Å². The van der Waals surface area contributed by atoms with Crippen molar-refractivity contribution in [1.29, 1.82) is 0 Å². The van der Waals surface area contributed by atoms with E-state index in [0.717, 1.165) is 12.1 Å². The Hall–Kier alpha value is -3.71. The van der Waals surface area contributed by atoms with Gasteiger partial charge in [0.05, 0.1) is 16.3 Å². The fourth-order valence-electron chi connectivity index (χ4n) is 3.26. The third-order valence-corrected chi connectivity index (χ3v) is 5.53. The van der Waals surface area contributed by atoms with Crippen molar-refractivity contribution < 1.29 is 22.9 Å². The van der Waals surface area contributed by atoms with Gasteiger partial charge < -0.3 is 15.6 Å². The van der Waals surface area contributed by atoms with Crippen LogP contribution in [0.4, 0.5) is 14.5 Å². The first-order valence-electron chi connectivity index (χ1n) is 9.80. The predicted octanol–water partition coefficient (Wildman–Crippen LogP) is 4.17. The Balaban J connectivity index is 1.75. The molecule has 0 radical (unpaired) electrons. The molecule has 0 aliphatic heterocycles. The van der Waals surface area contributed by atoms with E-state index in [1.165, 1.54) is 30.8 Å². The van der Waals surface area contributed by atoms with Gasteiger partial charge in [-0.05, 0) is 59.6 Å². The van der Waals surface area contributed by atoms with Gasteiger partial charge in [0.25, 0.3) is 11.8 Å². The number of anilines is 1. The Morgan fingerprint density at radius 1 is 1.26 bits per heavy atom. The van der Waals surface area contributed by atoms with Crippen LogP contribution in [-0.4, -0.2) is 36.7 Å². The molecule has 10 nitrogen and oxygen atoms in total. The van der Waals surface area contributed by atoms with E-state index in [1.807, 2.05) is 0 Å². The number of benzene rings is 1. The monoisotopic (exact) mass is 565 g/mol. The van der Waals surface area contributed by atoms with Crippen molar-refractivity contribution >= 4 is 45.0 Å². The molecule has 0 atom stereocenters. The van der Waals surface area contributed by atoms with Crippen LogP contribution in [0.1, 0.15) is 43.7 Å². The first-order chi connectivity index (χ1) is 16.5. The van der Waals surface area contributed by atoms with E-state index in [9.17, 15) is 18.4 Å². The minimum atomic E-state index is -3.71. The summed E-state index contributed by atoms with van der Waals surface area (Å²) in [5, 5.41) is 10.3. The van der Waals surface area contributed by atoms with Gasteiger partial charge in [-0.25, -0.2) is 9.67 Å². The summed E-state index contributed by atoms with van der Waals surface area (Å²) in [6.45, 7) is 2.83. The molecule has 3 aromatic heterocycles. The van der Waals surface area contributed by atoms with Gasteiger partial charge in [0, 0.05) is 17.8 Å². The molecular formula is C21H15BrClF2N7O3. The molecule has 0 aliphatic carbocycles. The highest BCUT2D eigenvalue weighted by molar-refractivity contribution is 9.10. The summed E-state index contributed by atoms with van der Waals surface area (Å²) in [5.41, 5.74) is 4.59. The lowest BCUT2D eigenvalue weighted by molar-refractivity contribution is 0.00754. The Bertz CT molecular complexity index is 1470. The van der Waals surface area contributed by atoms with Gasteiger partial charge in [0.1, 0.15) is 10.3 Å². The van der Waals surface area contributed by atoms with Gasteiger partial charge >= 0.3 is 11.8 Å². The molecule has 0 unspecified atom stereocenters. The number of hydrogen-bond acceptors (Lipinski definition) is 7. The van der Waals surface area contributed by atoms with Crippen LogP contribution in [0.15, 0.2) is 45.7 Å². The zero-order valence-corrected chi connectivity index (χ0v) is 20.4. The van der Waals surface area contributed by atoms with Crippen molar-refractivity contribution in [2.45, 2.75) is 19.8 Å². The van der Waals surface area contributed by atoms with Crippen molar-refractivity contribution in [3.05, 3.63) is 80.3 Å². The van der Waals surface area contributed by atoms with Crippen LogP contribution in [-0.2, 0) is 5.92 Å². The lowest BCUT2D eigenvalue weighted by atomic mass is 9.98. The first kappa shape index (κ1) is 24.4. The fourth-order valence-corrected chi connectivity index (χ4v) is 3.84. The smallest absolute Gasteiger partial charge is 0.350 e. The Morgan fingerprint density at radius 3 is 2.63 bits per heavy atom. The zero-order valence-electron chi connectivity index (χ0n) is 18.0. The first-order valence-corrected chi connectivity index (χ1v) is 11.0. The van der Waals surface area contributed by atoms with Crippen LogP contribution in [0.5, 0.6) is 0 Å². The minimum absolute atomic E-state index is 0.00281. The SMILES string of the molecule is Cc1noc(C(F)(F)c2cc(C)c(NC(=O)c3cc(Br)nn3-c3ncccc3Cl)c(C(N)=O)c2)n1. The number of pyridine rings is 1. The third kappa shape index (κ3) is 4.64. The van der Waals surface area contributed by atoms with Crippen LogP contribution in [0.2, 0.25) is 5.02 Å². The maximum absolute atomic E-state index is 15.0. The van der Waals surface area contributed by atoms with Gasteiger partial charge in [-0.2, -0.15) is 18.9 Å². The number of halogens is 4. The van der Waals surface area contributed by atoms with Crippen LogP contribution in [0.25, 0.3) is 5.82 Å². The quantitative estimate of drug-likeness (QED) is 0.357. The third-order valence-electron chi connectivity index (χ3n) is 4.85. The van der Waals surface area contributed by atoms with E-state index in [4.69, 9.17) is 17.3 Å². The molecule has 0 saturated heterocycles. The largest absolute Gasteiger partial charge is 0.366 e. The number of hydrogen-bond donors (Lipinski definition) is 2. The molecule has 3 N–H and O–H groups in total. The van der Waals surface area contributed by atoms with Gasteiger partial charge in [0.2, 0.25) is 0 Å². The Labute approximate surface area is 209 Å². The Kier molecular flexibility index (Phi) is 6.38. The maximum Gasteiger partial charge on any atom is 0.350 e. The number of nitrogens with one attached hydrogen (secondary N) is 1. The van der Waals surface area contributed by atoms with Crippen LogP contribution < -0.4 is 11.1 Å². The fraction of sp³-hybridized carbons (Fsp3) is 0.143. The molecular weight excluding hydrogens is 552 g/mol. The summed E-state index contributed by atoms with van der Waals surface area (Å²) < 4.78 is 36.1. The average Bonchev–Trinajstić information content (AvgIpc) is 3.41. The zero-order chi connectivity index (χ0) is 25.5. The summed E-state index contributed by atoms with van der Waals surface area (Å²) in [7, 11) is 0. The van der Waals surface area contributed by atoms with Crippen LogP contribution in [0, 0.1) is 13.8 Å². The summed E-state index contributed by atoms with van der Waals surface area (Å²) in [6.07, 6.45) is 1.47. The van der Waals surface area contributed by atoms with E-state index in [-0.39, 0.29) is 39.2 Å². The predicted molar refractivity (Wildman–Crippen MR) is 124 cm³/mol. The number of aromatic nitrogens is 5. The van der Waals surface area contributed by atoms with Crippen LogP contribution in [0.3, 0.4) is 0 Å². The number of nitrogens with zero attached hydrogens (tertiary/aromatic N) is 5. The molecule has 4 rings (SSSR count). The second kappa shape index (κ2) is 9.15. The number of carbonyl (C=O) groups excluding carboxylic acids is 2. The van der Waals surface area contributed by atoms with E-state index < -0.39 is 29.2 Å². The molecule has 0 fully saturated rings. The van der Waals surface area contributed by atoms with Gasteiger partial charge in [-0.15, -0.1) is 0 Å². The number of carbonyl (C=O) groups is 2. The molecule has 180 valence electrons. The summed E-state index contributed by atoms with van der Waals surface area (Å²) >= 11 is 9.40. The normalized spacial score (nSPS) is 11.5. The van der Waals surface area contributed by atoms with Crippen molar-refractivity contribution in [1.82, 2.24) is 24.9 Å². The summed E-state index contributed by atoms with van der Waals surface area (Å²) in [6, 6.07) is 6.54. The molecule has 4 aromatic rings. The number of nitrogens with two attached hydrogens (primary N) is 1. The standard InChI is InChI=1S/C21H15BrClF2N7O3/c1-9-6-11(21(24,25)20-28-10(2)31-35-20)7-12(17(26)33)16(9)29-19(34)14-8-15(22)30-32(14)18-13(23)4-3-5-27-18/h3-8H,1-2H3,(H2,26,33)(H,29,34). The lowest BCUT2D eigenvalue weighted by Gasteiger charge is -2.18. The van der Waals surface area contributed by atoms with E-state index >= 15 is 0 Å². The lowest BCUT2D eigenvalue weighted by Crippen LogP contribution is -2.24. The average molecular weight is 567 g/mol. The molecule has 2 amide bonds. The van der Waals surface area contributed by atoms with E-state index in [1.54, 1.807) is 12.1 Å². The van der Waals surface area contributed by atoms with Crippen molar-refractivity contribution in [3.8, 4) is 5.82 Å². The molecule has 3 heterocycles. The number of rotatable bonds is 6. The Morgan fingerprint density at radius 2 is 2.00 bits per heavy atom. The van der Waals surface area contributed by atoms with Crippen molar-refractivity contribution in [2.75, 3.05) is 5.32 Å². The molecule has 1 aromatic carbocycles. The van der Waals surface area contributed by atoms with Crippen molar-refractivity contribution in [3.63, 3.8) is 0 Å². The molecule has 0 saturated carbocycles. The minimum Gasteiger partial charge on any atom is -0.366 e. The van der Waals surface area contributed by atoms with Crippen molar-refractivity contribution in [2.24, 2.45) is 5.73 Å². The maximum atomic E-state index is 15.0. The molecule has 0 aliphatic rings. The highest BCUT2D eigenvalue weighted by atomic mass is 79.9. The molecule has 35 heavy (non-hydrogen) atoms. The molecule has 14 heteroatoms. The highest BCUT2D eigenvalue weighted by Gasteiger charge is 2.41. The second-order valence-corrected chi connectivity index (χ2v) is 8.55.